The zero-order valence-electron chi connectivity index (χ0n) is 14.0. The molecule has 7 nitrogen and oxygen atoms in total. The smallest absolute Gasteiger partial charge is 0.257 e. The quantitative estimate of drug-likeness (QED) is 0.815. The highest BCUT2D eigenvalue weighted by atomic mass is 16.5. The summed E-state index contributed by atoms with van der Waals surface area (Å²) >= 11 is 0. The Labute approximate surface area is 141 Å². The van der Waals surface area contributed by atoms with Crippen LogP contribution >= 0.6 is 0 Å². The molecule has 0 saturated heterocycles. The molecule has 1 N–H and O–H groups in total. The lowest BCUT2D eigenvalue weighted by atomic mass is 9.93. The van der Waals surface area contributed by atoms with Gasteiger partial charge in [-0.05, 0) is 31.4 Å². The van der Waals surface area contributed by atoms with E-state index in [4.69, 9.17) is 9.47 Å². The molecule has 3 rings (SSSR count). The topological polar surface area (TPSA) is 78.3 Å². The van der Waals surface area contributed by atoms with Crippen LogP contribution in [-0.4, -0.2) is 41.0 Å². The van der Waals surface area contributed by atoms with E-state index in [9.17, 15) is 4.79 Å². The van der Waals surface area contributed by atoms with Crippen molar-refractivity contribution in [3.63, 3.8) is 0 Å². The number of hydrogen-bond acceptors (Lipinski definition) is 5. The number of nitrogens with zero attached hydrogens (tertiary/aromatic N) is 3. The summed E-state index contributed by atoms with van der Waals surface area (Å²) in [7, 11) is 3.54. The van der Waals surface area contributed by atoms with Gasteiger partial charge in [0.05, 0.1) is 18.8 Å². The normalized spacial score (nSPS) is 16.5. The van der Waals surface area contributed by atoms with Gasteiger partial charge in [-0.2, -0.15) is 5.10 Å². The molecule has 0 aliphatic heterocycles. The molecule has 1 amide bonds. The van der Waals surface area contributed by atoms with Crippen molar-refractivity contribution < 1.29 is 14.3 Å². The molecular weight excluding hydrogens is 308 g/mol. The summed E-state index contributed by atoms with van der Waals surface area (Å²) in [5.41, 5.74) is 2.72. The van der Waals surface area contributed by atoms with E-state index in [1.807, 2.05) is 17.9 Å². The van der Waals surface area contributed by atoms with Crippen LogP contribution in [0.1, 0.15) is 40.5 Å². The lowest BCUT2D eigenvalue weighted by molar-refractivity contribution is 0.0923. The molecule has 1 atom stereocenters. The van der Waals surface area contributed by atoms with Gasteiger partial charge < -0.3 is 14.8 Å². The number of aromatic nitrogens is 3. The molecule has 2 heterocycles. The fraction of sp³-hybridized carbons (Fsp3) is 0.471. The summed E-state index contributed by atoms with van der Waals surface area (Å²) < 4.78 is 12.4. The van der Waals surface area contributed by atoms with Gasteiger partial charge in [0.25, 0.3) is 5.91 Å². The maximum absolute atomic E-state index is 12.7. The first-order valence-corrected chi connectivity index (χ1v) is 8.09. The fourth-order valence-electron chi connectivity index (χ4n) is 2.99. The molecule has 2 aromatic heterocycles. The van der Waals surface area contributed by atoms with E-state index in [2.05, 4.69) is 15.4 Å². The molecule has 7 heteroatoms. The Balaban J connectivity index is 1.74. The molecule has 24 heavy (non-hydrogen) atoms. The number of carbonyl (C=O) groups is 1. The maximum Gasteiger partial charge on any atom is 0.257 e. The predicted octanol–water partition coefficient (Wildman–Crippen LogP) is 1.65. The summed E-state index contributed by atoms with van der Waals surface area (Å²) in [5.74, 6) is 0.145. The molecular formula is C17H22N4O3. The minimum absolute atomic E-state index is 0.0259. The molecule has 1 aliphatic carbocycles. The molecule has 0 saturated carbocycles. The number of pyridine rings is 1. The van der Waals surface area contributed by atoms with E-state index in [-0.39, 0.29) is 11.9 Å². The summed E-state index contributed by atoms with van der Waals surface area (Å²) in [4.78, 5) is 16.9. The highest BCUT2D eigenvalue weighted by molar-refractivity contribution is 5.96. The van der Waals surface area contributed by atoms with Crippen LogP contribution in [0.4, 0.5) is 0 Å². The highest BCUT2D eigenvalue weighted by Gasteiger charge is 2.26. The van der Waals surface area contributed by atoms with Crippen LogP contribution < -0.4 is 10.1 Å². The lowest BCUT2D eigenvalue weighted by Gasteiger charge is -2.24. The van der Waals surface area contributed by atoms with Crippen molar-refractivity contribution in [2.75, 3.05) is 20.3 Å². The number of amides is 1. The number of nitrogens with one attached hydrogen (secondary N) is 1. The lowest BCUT2D eigenvalue weighted by Crippen LogP contribution is -2.31. The van der Waals surface area contributed by atoms with Crippen LogP contribution in [-0.2, 0) is 18.2 Å². The Bertz CT molecular complexity index is 714. The average molecular weight is 330 g/mol. The summed E-state index contributed by atoms with van der Waals surface area (Å²) in [6.45, 7) is 0.795. The third-order valence-electron chi connectivity index (χ3n) is 4.22. The Hall–Kier alpha value is -2.41. The number of aryl methyl sites for hydroxylation is 1. The first-order chi connectivity index (χ1) is 11.7. The largest absolute Gasteiger partial charge is 0.475 e. The second-order valence-electron chi connectivity index (χ2n) is 5.79. The second kappa shape index (κ2) is 7.44. The monoisotopic (exact) mass is 330 g/mol. The van der Waals surface area contributed by atoms with Gasteiger partial charge >= 0.3 is 0 Å². The number of hydrogen-bond donors (Lipinski definition) is 1. The molecule has 1 unspecified atom stereocenters. The first kappa shape index (κ1) is 16.4. The van der Waals surface area contributed by atoms with Crippen LogP contribution in [0.2, 0.25) is 0 Å². The number of ether oxygens (including phenoxy) is 2. The van der Waals surface area contributed by atoms with E-state index in [1.165, 1.54) is 5.69 Å². The summed E-state index contributed by atoms with van der Waals surface area (Å²) in [6, 6.07) is 3.42. The van der Waals surface area contributed by atoms with E-state index >= 15 is 0 Å². The molecule has 128 valence electrons. The third-order valence-corrected chi connectivity index (χ3v) is 4.22. The van der Waals surface area contributed by atoms with Gasteiger partial charge in [0.1, 0.15) is 12.2 Å². The van der Waals surface area contributed by atoms with Crippen molar-refractivity contribution in [2.45, 2.75) is 25.3 Å². The average Bonchev–Trinajstić information content (AvgIpc) is 2.98. The van der Waals surface area contributed by atoms with Gasteiger partial charge in [0.15, 0.2) is 0 Å². The van der Waals surface area contributed by atoms with Crippen LogP contribution in [0.3, 0.4) is 0 Å². The van der Waals surface area contributed by atoms with E-state index in [0.29, 0.717) is 24.7 Å². The summed E-state index contributed by atoms with van der Waals surface area (Å²) in [5, 5.41) is 7.40. The Morgan fingerprint density at radius 3 is 3.17 bits per heavy atom. The van der Waals surface area contributed by atoms with Crippen molar-refractivity contribution in [2.24, 2.45) is 7.05 Å². The van der Waals surface area contributed by atoms with Crippen LogP contribution in [0.25, 0.3) is 0 Å². The molecule has 0 radical (unpaired) electrons. The minimum atomic E-state index is -0.183. The highest BCUT2D eigenvalue weighted by Crippen LogP contribution is 2.29. The van der Waals surface area contributed by atoms with Crippen LogP contribution in [0.15, 0.2) is 24.5 Å². The third kappa shape index (κ3) is 3.41. The van der Waals surface area contributed by atoms with E-state index in [1.54, 1.807) is 25.4 Å². The standard InChI is InChI=1S/C17H22N4O3/c1-21-15-7-3-6-14(13(15)11-19-21)20-16(22)12-5-4-8-18-17(12)24-10-9-23-2/h4-5,8,11,14H,3,6-7,9-10H2,1-2H3,(H,20,22). The Morgan fingerprint density at radius 1 is 1.46 bits per heavy atom. The zero-order valence-corrected chi connectivity index (χ0v) is 14.0. The van der Waals surface area contributed by atoms with Crippen molar-refractivity contribution in [3.05, 3.63) is 41.3 Å². The minimum Gasteiger partial charge on any atom is -0.475 e. The molecule has 0 bridgehead atoms. The first-order valence-electron chi connectivity index (χ1n) is 8.09. The predicted molar refractivity (Wildman–Crippen MR) is 88.0 cm³/mol. The van der Waals surface area contributed by atoms with Gasteiger partial charge in [-0.1, -0.05) is 0 Å². The van der Waals surface area contributed by atoms with Gasteiger partial charge in [-0.25, -0.2) is 4.98 Å². The Kier molecular flexibility index (Phi) is 5.10. The van der Waals surface area contributed by atoms with Crippen molar-refractivity contribution in [1.82, 2.24) is 20.1 Å². The number of carbonyl (C=O) groups excluding carboxylic acids is 1. The molecule has 2 aromatic rings. The number of methoxy groups -OCH3 is 1. The molecule has 1 aliphatic rings. The van der Waals surface area contributed by atoms with Crippen LogP contribution in [0.5, 0.6) is 5.88 Å². The number of rotatable bonds is 6. The fourth-order valence-corrected chi connectivity index (χ4v) is 2.99. The van der Waals surface area contributed by atoms with Gasteiger partial charge in [-0.15, -0.1) is 0 Å². The van der Waals surface area contributed by atoms with Crippen LogP contribution in [0, 0.1) is 0 Å². The molecule has 0 fully saturated rings. The Morgan fingerprint density at radius 2 is 2.33 bits per heavy atom. The number of fused-ring (bicyclic) bond motifs is 1. The van der Waals surface area contributed by atoms with E-state index in [0.717, 1.165) is 24.8 Å². The zero-order chi connectivity index (χ0) is 16.9. The van der Waals surface area contributed by atoms with Gasteiger partial charge in [0, 0.05) is 31.6 Å². The second-order valence-corrected chi connectivity index (χ2v) is 5.79. The maximum atomic E-state index is 12.7. The molecule has 0 aromatic carbocycles. The molecule has 0 spiro atoms. The van der Waals surface area contributed by atoms with Gasteiger partial charge in [0.2, 0.25) is 5.88 Å². The van der Waals surface area contributed by atoms with E-state index < -0.39 is 0 Å². The van der Waals surface area contributed by atoms with Crippen molar-refractivity contribution in [1.29, 1.82) is 0 Å². The summed E-state index contributed by atoms with van der Waals surface area (Å²) in [6.07, 6.45) is 6.39. The van der Waals surface area contributed by atoms with Gasteiger partial charge in [-0.3, -0.25) is 9.48 Å². The van der Waals surface area contributed by atoms with Crippen molar-refractivity contribution >= 4 is 5.91 Å². The van der Waals surface area contributed by atoms with Crippen molar-refractivity contribution in [3.8, 4) is 5.88 Å². The SMILES string of the molecule is COCCOc1ncccc1C(=O)NC1CCCc2c1cnn2C.